The molecule has 4 heterocycles. The van der Waals surface area contributed by atoms with E-state index >= 15 is 0 Å². The zero-order valence-corrected chi connectivity index (χ0v) is 19.2. The van der Waals surface area contributed by atoms with Crippen molar-refractivity contribution in [2.24, 2.45) is 7.05 Å². The minimum atomic E-state index is -1.03. The quantitative estimate of drug-likeness (QED) is 0.665. The number of rotatable bonds is 4. The van der Waals surface area contributed by atoms with Crippen LogP contribution in [0.4, 0.5) is 10.2 Å². The maximum atomic E-state index is 13.8. The van der Waals surface area contributed by atoms with Crippen LogP contribution >= 0.6 is 0 Å². The van der Waals surface area contributed by atoms with E-state index in [1.807, 2.05) is 44.0 Å². The highest BCUT2D eigenvalue weighted by molar-refractivity contribution is 5.95. The predicted octanol–water partition coefficient (Wildman–Crippen LogP) is 3.43. The lowest BCUT2D eigenvalue weighted by atomic mass is 9.47. The highest BCUT2D eigenvalue weighted by atomic mass is 19.1. The Morgan fingerprint density at radius 3 is 2.61 bits per heavy atom. The second-order valence-electron chi connectivity index (χ2n) is 10.1. The number of carbonyl (C=O) groups is 1. The molecule has 3 aromatic heterocycles. The molecule has 3 aliphatic carbocycles. The number of aryl methyl sites for hydroxylation is 3. The van der Waals surface area contributed by atoms with Gasteiger partial charge in [-0.25, -0.2) is 9.37 Å². The molecule has 3 aromatic rings. The van der Waals surface area contributed by atoms with E-state index in [0.29, 0.717) is 24.8 Å². The van der Waals surface area contributed by atoms with Gasteiger partial charge in [-0.3, -0.25) is 14.5 Å². The molecular formula is C25H27FN6O. The fraction of sp³-hybridized carbons (Fsp3) is 0.440. The molecule has 3 fully saturated rings. The van der Waals surface area contributed by atoms with Crippen LogP contribution < -0.4 is 10.2 Å². The Morgan fingerprint density at radius 1 is 1.15 bits per heavy atom. The Kier molecular flexibility index (Phi) is 4.22. The average molecular weight is 447 g/mol. The van der Waals surface area contributed by atoms with Crippen molar-refractivity contribution in [3.63, 3.8) is 0 Å². The molecule has 0 spiro atoms. The van der Waals surface area contributed by atoms with Crippen LogP contribution in [0.3, 0.4) is 0 Å². The standard InChI is InChI=1S/C25H27FN6O/c1-15-6-18(23(33)29-25-12-24(26,13-25)14-25)9-28-22(15)32-5-4-21-19(10-32)7-17(8-27-21)20-11-31(3)30-16(20)2/h6-9,11H,4-5,10,12-14H2,1-3H3,(H,29,33). The number of pyridine rings is 2. The van der Waals surface area contributed by atoms with Crippen molar-refractivity contribution < 1.29 is 9.18 Å². The van der Waals surface area contributed by atoms with Crippen molar-refractivity contribution in [3.05, 3.63) is 58.8 Å². The van der Waals surface area contributed by atoms with Crippen molar-refractivity contribution in [2.45, 2.75) is 57.3 Å². The summed E-state index contributed by atoms with van der Waals surface area (Å²) in [5, 5.41) is 7.47. The zero-order chi connectivity index (χ0) is 23.0. The van der Waals surface area contributed by atoms with E-state index in [2.05, 4.69) is 26.4 Å². The molecule has 3 saturated carbocycles. The van der Waals surface area contributed by atoms with E-state index in [4.69, 9.17) is 4.98 Å². The Bertz CT molecular complexity index is 1280. The normalized spacial score (nSPS) is 25.2. The van der Waals surface area contributed by atoms with Gasteiger partial charge < -0.3 is 10.2 Å². The average Bonchev–Trinajstić information content (AvgIpc) is 3.08. The number of hydrogen-bond donors (Lipinski definition) is 1. The van der Waals surface area contributed by atoms with Gasteiger partial charge in [0.25, 0.3) is 5.91 Å². The first-order valence-electron chi connectivity index (χ1n) is 11.4. The van der Waals surface area contributed by atoms with Crippen LogP contribution in [0.1, 0.15) is 52.1 Å². The number of amides is 1. The molecule has 7 rings (SSSR count). The SMILES string of the molecule is Cc1cc(C(=O)NC23CC(F)(C2)C3)cnc1N1CCc2ncc(-c3cn(C)nc3C)cc2C1. The van der Waals surface area contributed by atoms with Gasteiger partial charge in [0.2, 0.25) is 0 Å². The number of fused-ring (bicyclic) bond motifs is 1. The van der Waals surface area contributed by atoms with Gasteiger partial charge in [0.1, 0.15) is 11.5 Å². The summed E-state index contributed by atoms with van der Waals surface area (Å²) < 4.78 is 15.6. The molecule has 0 unspecified atom stereocenters. The molecule has 170 valence electrons. The third-order valence-corrected chi connectivity index (χ3v) is 7.32. The van der Waals surface area contributed by atoms with Gasteiger partial charge in [-0.1, -0.05) is 0 Å². The van der Waals surface area contributed by atoms with E-state index < -0.39 is 5.67 Å². The minimum absolute atomic E-state index is 0.163. The van der Waals surface area contributed by atoms with Crippen LogP contribution in [-0.4, -0.2) is 43.4 Å². The van der Waals surface area contributed by atoms with Gasteiger partial charge in [0, 0.05) is 86.8 Å². The Morgan fingerprint density at radius 2 is 1.94 bits per heavy atom. The summed E-state index contributed by atoms with van der Waals surface area (Å²) in [4.78, 5) is 24.3. The molecule has 0 saturated heterocycles. The first kappa shape index (κ1) is 20.3. The van der Waals surface area contributed by atoms with Crippen LogP contribution in [-0.2, 0) is 20.0 Å². The van der Waals surface area contributed by atoms with Gasteiger partial charge in [-0.05, 0) is 37.1 Å². The molecule has 7 nitrogen and oxygen atoms in total. The third-order valence-electron chi connectivity index (χ3n) is 7.32. The maximum Gasteiger partial charge on any atom is 0.253 e. The first-order valence-corrected chi connectivity index (χ1v) is 11.4. The van der Waals surface area contributed by atoms with Gasteiger partial charge in [0.15, 0.2) is 0 Å². The van der Waals surface area contributed by atoms with Crippen LogP contribution in [0, 0.1) is 13.8 Å². The second kappa shape index (κ2) is 6.85. The number of halogens is 1. The van der Waals surface area contributed by atoms with Gasteiger partial charge in [-0.2, -0.15) is 5.10 Å². The fourth-order valence-electron chi connectivity index (χ4n) is 5.77. The monoisotopic (exact) mass is 446 g/mol. The summed E-state index contributed by atoms with van der Waals surface area (Å²) in [6.45, 7) is 5.54. The summed E-state index contributed by atoms with van der Waals surface area (Å²) in [6.07, 6.45) is 7.77. The molecule has 2 bridgehead atoms. The third kappa shape index (κ3) is 3.31. The summed E-state index contributed by atoms with van der Waals surface area (Å²) >= 11 is 0. The molecule has 1 N–H and O–H groups in total. The molecule has 8 heteroatoms. The lowest BCUT2D eigenvalue weighted by Crippen LogP contribution is -2.76. The number of nitrogens with zero attached hydrogens (tertiary/aromatic N) is 5. The number of anilines is 1. The molecule has 0 aromatic carbocycles. The van der Waals surface area contributed by atoms with Gasteiger partial charge in [0.05, 0.1) is 11.3 Å². The number of carbonyl (C=O) groups excluding carboxylic acids is 1. The van der Waals surface area contributed by atoms with E-state index in [-0.39, 0.29) is 11.4 Å². The topological polar surface area (TPSA) is 75.9 Å². The molecule has 0 atom stereocenters. The van der Waals surface area contributed by atoms with Crippen molar-refractivity contribution >= 4 is 11.7 Å². The van der Waals surface area contributed by atoms with Crippen LogP contribution in [0.15, 0.2) is 30.7 Å². The molecule has 33 heavy (non-hydrogen) atoms. The lowest BCUT2D eigenvalue weighted by Gasteiger charge is -2.65. The second-order valence-corrected chi connectivity index (χ2v) is 10.1. The fourth-order valence-corrected chi connectivity index (χ4v) is 5.77. The van der Waals surface area contributed by atoms with Crippen molar-refractivity contribution in [1.29, 1.82) is 0 Å². The largest absolute Gasteiger partial charge is 0.352 e. The van der Waals surface area contributed by atoms with Crippen LogP contribution in [0.2, 0.25) is 0 Å². The summed E-state index contributed by atoms with van der Waals surface area (Å²) in [7, 11) is 1.93. The Labute approximate surface area is 192 Å². The van der Waals surface area contributed by atoms with Gasteiger partial charge >= 0.3 is 0 Å². The van der Waals surface area contributed by atoms with Crippen LogP contribution in [0.5, 0.6) is 0 Å². The molecule has 0 radical (unpaired) electrons. The molecule has 4 aliphatic rings. The first-order chi connectivity index (χ1) is 15.7. The highest BCUT2D eigenvalue weighted by Gasteiger charge is 2.69. The molecule has 1 amide bonds. The molecular weight excluding hydrogens is 419 g/mol. The lowest BCUT2D eigenvalue weighted by molar-refractivity contribution is -0.162. The van der Waals surface area contributed by atoms with Crippen molar-refractivity contribution in [2.75, 3.05) is 11.4 Å². The van der Waals surface area contributed by atoms with Crippen molar-refractivity contribution in [3.8, 4) is 11.1 Å². The summed E-state index contributed by atoms with van der Waals surface area (Å²) in [6, 6.07) is 4.09. The molecule has 1 aliphatic heterocycles. The summed E-state index contributed by atoms with van der Waals surface area (Å²) in [5.41, 5.74) is 5.59. The van der Waals surface area contributed by atoms with Gasteiger partial charge in [-0.15, -0.1) is 0 Å². The predicted molar refractivity (Wildman–Crippen MR) is 123 cm³/mol. The number of hydrogen-bond acceptors (Lipinski definition) is 5. The number of aromatic nitrogens is 4. The van der Waals surface area contributed by atoms with Crippen molar-refractivity contribution in [1.82, 2.24) is 25.1 Å². The Balaban J connectivity index is 1.20. The van der Waals surface area contributed by atoms with E-state index in [1.165, 1.54) is 5.56 Å². The smallest absolute Gasteiger partial charge is 0.253 e. The minimum Gasteiger partial charge on any atom is -0.352 e. The Hall–Kier alpha value is -3.29. The van der Waals surface area contributed by atoms with Crippen LogP contribution in [0.25, 0.3) is 11.1 Å². The van der Waals surface area contributed by atoms with E-state index in [0.717, 1.165) is 53.4 Å². The van der Waals surface area contributed by atoms with E-state index in [9.17, 15) is 9.18 Å². The summed E-state index contributed by atoms with van der Waals surface area (Å²) in [5.74, 6) is 0.719. The number of nitrogens with one attached hydrogen (secondary N) is 1. The highest BCUT2D eigenvalue weighted by Crippen LogP contribution is 2.62. The number of alkyl halides is 1. The zero-order valence-electron chi connectivity index (χ0n) is 19.2. The maximum absolute atomic E-state index is 13.8. The van der Waals surface area contributed by atoms with E-state index in [1.54, 1.807) is 6.20 Å².